The normalized spacial score (nSPS) is 9.86. The van der Waals surface area contributed by atoms with Crippen LogP contribution in [0.15, 0.2) is 18.2 Å². The van der Waals surface area contributed by atoms with Gasteiger partial charge in [-0.2, -0.15) is 0 Å². The van der Waals surface area contributed by atoms with E-state index in [9.17, 15) is 4.79 Å². The predicted molar refractivity (Wildman–Crippen MR) is 53.2 cm³/mol. The van der Waals surface area contributed by atoms with Crippen LogP contribution in [0.5, 0.6) is 0 Å². The summed E-state index contributed by atoms with van der Waals surface area (Å²) in [7, 11) is 1.43. The van der Waals surface area contributed by atoms with Gasteiger partial charge in [-0.25, -0.2) is 4.79 Å². The summed E-state index contributed by atoms with van der Waals surface area (Å²) in [6.45, 7) is -0.0963. The van der Waals surface area contributed by atoms with Gasteiger partial charge in [-0.15, -0.1) is 0 Å². The van der Waals surface area contributed by atoms with E-state index in [1.54, 1.807) is 6.07 Å². The zero-order valence-corrected chi connectivity index (χ0v) is 8.38. The standard InChI is InChI=1S/C9H10ClNO3/c1-13-5-14-9(12)7-3-2-6(10)4-8(7)11/h2-4H,5,11H2,1H3. The van der Waals surface area contributed by atoms with Crippen LogP contribution in [0.2, 0.25) is 5.02 Å². The molecule has 76 valence electrons. The van der Waals surface area contributed by atoms with Crippen molar-refractivity contribution in [3.05, 3.63) is 28.8 Å². The lowest BCUT2D eigenvalue weighted by Gasteiger charge is -2.05. The van der Waals surface area contributed by atoms with Crippen LogP contribution in [-0.4, -0.2) is 19.9 Å². The molecule has 5 heteroatoms. The minimum Gasteiger partial charge on any atom is -0.435 e. The quantitative estimate of drug-likeness (QED) is 0.474. The number of anilines is 1. The third kappa shape index (κ3) is 2.61. The Labute approximate surface area is 86.6 Å². The van der Waals surface area contributed by atoms with Crippen LogP contribution in [0.4, 0.5) is 5.69 Å². The molecule has 4 nitrogen and oxygen atoms in total. The van der Waals surface area contributed by atoms with E-state index in [1.807, 2.05) is 0 Å². The van der Waals surface area contributed by atoms with Gasteiger partial charge in [0.15, 0.2) is 6.79 Å². The second kappa shape index (κ2) is 4.83. The number of hydrogen-bond acceptors (Lipinski definition) is 4. The number of halogens is 1. The van der Waals surface area contributed by atoms with Crippen molar-refractivity contribution >= 4 is 23.3 Å². The van der Waals surface area contributed by atoms with E-state index in [1.165, 1.54) is 19.2 Å². The third-order valence-corrected chi connectivity index (χ3v) is 1.78. The van der Waals surface area contributed by atoms with Crippen molar-refractivity contribution in [1.82, 2.24) is 0 Å². The number of carbonyl (C=O) groups is 1. The van der Waals surface area contributed by atoms with E-state index in [2.05, 4.69) is 4.74 Å². The monoisotopic (exact) mass is 215 g/mol. The van der Waals surface area contributed by atoms with Gasteiger partial charge in [-0.05, 0) is 18.2 Å². The van der Waals surface area contributed by atoms with Crippen molar-refractivity contribution in [2.75, 3.05) is 19.6 Å². The maximum atomic E-state index is 11.3. The Hall–Kier alpha value is -1.26. The Morgan fingerprint density at radius 2 is 2.29 bits per heavy atom. The van der Waals surface area contributed by atoms with Gasteiger partial charge >= 0.3 is 5.97 Å². The molecule has 0 aromatic heterocycles. The summed E-state index contributed by atoms with van der Waals surface area (Å²) in [5.41, 5.74) is 6.14. The fraction of sp³-hybridized carbons (Fsp3) is 0.222. The summed E-state index contributed by atoms with van der Waals surface area (Å²) < 4.78 is 9.30. The molecule has 0 aliphatic carbocycles. The first-order valence-corrected chi connectivity index (χ1v) is 4.24. The molecule has 2 N–H and O–H groups in total. The van der Waals surface area contributed by atoms with Crippen LogP contribution in [-0.2, 0) is 9.47 Å². The SMILES string of the molecule is COCOC(=O)c1ccc(Cl)cc1N. The largest absolute Gasteiger partial charge is 0.435 e. The van der Waals surface area contributed by atoms with Gasteiger partial charge < -0.3 is 15.2 Å². The lowest BCUT2D eigenvalue weighted by atomic mass is 10.2. The number of nitrogen functional groups attached to an aromatic ring is 1. The maximum Gasteiger partial charge on any atom is 0.342 e. The molecule has 0 saturated heterocycles. The van der Waals surface area contributed by atoms with Gasteiger partial charge in [0.05, 0.1) is 5.56 Å². The molecule has 0 heterocycles. The molecule has 1 rings (SSSR count). The van der Waals surface area contributed by atoms with E-state index in [0.717, 1.165) is 0 Å². The molecule has 0 fully saturated rings. The van der Waals surface area contributed by atoms with Crippen molar-refractivity contribution in [2.45, 2.75) is 0 Å². The summed E-state index contributed by atoms with van der Waals surface area (Å²) in [4.78, 5) is 11.3. The molecule has 0 radical (unpaired) electrons. The van der Waals surface area contributed by atoms with Crippen molar-refractivity contribution in [1.29, 1.82) is 0 Å². The molecule has 0 amide bonds. The molecule has 14 heavy (non-hydrogen) atoms. The number of ether oxygens (including phenoxy) is 2. The van der Waals surface area contributed by atoms with E-state index in [-0.39, 0.29) is 12.4 Å². The molecular formula is C9H10ClNO3. The average Bonchev–Trinajstić information content (AvgIpc) is 2.14. The van der Waals surface area contributed by atoms with Crippen molar-refractivity contribution < 1.29 is 14.3 Å². The van der Waals surface area contributed by atoms with Crippen LogP contribution < -0.4 is 5.73 Å². The molecule has 0 spiro atoms. The number of esters is 1. The van der Waals surface area contributed by atoms with Crippen LogP contribution >= 0.6 is 11.6 Å². The maximum absolute atomic E-state index is 11.3. The first-order chi connectivity index (χ1) is 6.65. The number of nitrogens with two attached hydrogens (primary N) is 1. The summed E-state index contributed by atoms with van der Waals surface area (Å²) >= 11 is 5.67. The lowest BCUT2D eigenvalue weighted by molar-refractivity contribution is -0.0124. The Morgan fingerprint density at radius 1 is 1.57 bits per heavy atom. The van der Waals surface area contributed by atoms with Crippen molar-refractivity contribution in [2.24, 2.45) is 0 Å². The number of rotatable bonds is 3. The first-order valence-electron chi connectivity index (χ1n) is 3.86. The number of hydrogen-bond donors (Lipinski definition) is 1. The Morgan fingerprint density at radius 3 is 2.86 bits per heavy atom. The van der Waals surface area contributed by atoms with Crippen LogP contribution in [0.1, 0.15) is 10.4 Å². The minimum absolute atomic E-state index is 0.0963. The smallest absolute Gasteiger partial charge is 0.342 e. The fourth-order valence-electron chi connectivity index (χ4n) is 0.910. The van der Waals surface area contributed by atoms with Gasteiger partial charge in [0.2, 0.25) is 0 Å². The Balaban J connectivity index is 2.80. The highest BCUT2D eigenvalue weighted by molar-refractivity contribution is 6.31. The molecule has 1 aromatic carbocycles. The zero-order chi connectivity index (χ0) is 10.6. The Bertz CT molecular complexity index is 341. The zero-order valence-electron chi connectivity index (χ0n) is 7.62. The van der Waals surface area contributed by atoms with E-state index >= 15 is 0 Å². The van der Waals surface area contributed by atoms with Crippen LogP contribution in [0, 0.1) is 0 Å². The van der Waals surface area contributed by atoms with Crippen molar-refractivity contribution in [3.8, 4) is 0 Å². The molecule has 0 unspecified atom stereocenters. The molecular weight excluding hydrogens is 206 g/mol. The van der Waals surface area contributed by atoms with E-state index in [0.29, 0.717) is 10.7 Å². The number of methoxy groups -OCH3 is 1. The summed E-state index contributed by atoms with van der Waals surface area (Å²) in [5, 5.41) is 0.478. The highest BCUT2D eigenvalue weighted by Gasteiger charge is 2.10. The highest BCUT2D eigenvalue weighted by atomic mass is 35.5. The van der Waals surface area contributed by atoms with E-state index < -0.39 is 5.97 Å². The van der Waals surface area contributed by atoms with Gasteiger partial charge in [0.1, 0.15) is 0 Å². The Kier molecular flexibility index (Phi) is 3.73. The molecule has 0 aliphatic heterocycles. The number of carbonyl (C=O) groups excluding carboxylic acids is 1. The topological polar surface area (TPSA) is 61.5 Å². The first kappa shape index (κ1) is 10.8. The van der Waals surface area contributed by atoms with E-state index in [4.69, 9.17) is 22.1 Å². The minimum atomic E-state index is -0.527. The molecule has 1 aromatic rings. The van der Waals surface area contributed by atoms with Gasteiger partial charge in [0.25, 0.3) is 0 Å². The summed E-state index contributed by atoms with van der Waals surface area (Å²) in [6, 6.07) is 4.57. The van der Waals surface area contributed by atoms with Crippen LogP contribution in [0.3, 0.4) is 0 Å². The number of benzene rings is 1. The molecule has 0 bridgehead atoms. The van der Waals surface area contributed by atoms with Crippen LogP contribution in [0.25, 0.3) is 0 Å². The molecule has 0 atom stereocenters. The molecule has 0 aliphatic rings. The van der Waals surface area contributed by atoms with Gasteiger partial charge in [-0.3, -0.25) is 0 Å². The fourth-order valence-corrected chi connectivity index (χ4v) is 1.09. The second-order valence-electron chi connectivity index (χ2n) is 2.57. The summed E-state index contributed by atoms with van der Waals surface area (Å²) in [5.74, 6) is -0.527. The lowest BCUT2D eigenvalue weighted by Crippen LogP contribution is -2.09. The van der Waals surface area contributed by atoms with Gasteiger partial charge in [-0.1, -0.05) is 11.6 Å². The average molecular weight is 216 g/mol. The second-order valence-corrected chi connectivity index (χ2v) is 3.01. The van der Waals surface area contributed by atoms with Crippen molar-refractivity contribution in [3.63, 3.8) is 0 Å². The van der Waals surface area contributed by atoms with Gasteiger partial charge in [0, 0.05) is 17.8 Å². The highest BCUT2D eigenvalue weighted by Crippen LogP contribution is 2.18. The molecule has 0 saturated carbocycles. The third-order valence-electron chi connectivity index (χ3n) is 1.54. The predicted octanol–water partition coefficient (Wildman–Crippen LogP) is 1.68. The summed E-state index contributed by atoms with van der Waals surface area (Å²) in [6.07, 6.45) is 0.